The Morgan fingerprint density at radius 2 is 1.52 bits per heavy atom. The average molecular weight is 415 g/mol. The van der Waals surface area contributed by atoms with E-state index in [1.165, 1.54) is 0 Å². The van der Waals surface area contributed by atoms with E-state index in [0.717, 1.165) is 11.3 Å². The minimum atomic E-state index is -0.198. The fraction of sp³-hybridized carbons (Fsp3) is 0.120. The van der Waals surface area contributed by atoms with Gasteiger partial charge < -0.3 is 20.7 Å². The van der Waals surface area contributed by atoms with Crippen LogP contribution in [-0.4, -0.2) is 25.0 Å². The van der Waals surface area contributed by atoms with Gasteiger partial charge in [0.15, 0.2) is 0 Å². The molecular formula is C25H25N3O3. The van der Waals surface area contributed by atoms with Crippen LogP contribution in [0.1, 0.15) is 17.3 Å². The first-order valence-electron chi connectivity index (χ1n) is 9.87. The predicted octanol–water partition coefficient (Wildman–Crippen LogP) is 4.94. The maximum atomic E-state index is 12.3. The quantitative estimate of drug-likeness (QED) is 0.432. The molecule has 0 aliphatic rings. The van der Waals surface area contributed by atoms with Crippen molar-refractivity contribution in [3.63, 3.8) is 0 Å². The lowest BCUT2D eigenvalue weighted by atomic mass is 10.2. The Hall–Kier alpha value is -4.06. The monoisotopic (exact) mass is 415 g/mol. The summed E-state index contributed by atoms with van der Waals surface area (Å²) >= 11 is 0. The van der Waals surface area contributed by atoms with Crippen LogP contribution in [0.25, 0.3) is 0 Å². The minimum Gasteiger partial charge on any atom is -0.489 e. The highest BCUT2D eigenvalue weighted by molar-refractivity contribution is 6.04. The van der Waals surface area contributed by atoms with Crippen molar-refractivity contribution in [1.82, 2.24) is 0 Å². The molecule has 3 N–H and O–H groups in total. The number of hydrogen-bond donors (Lipinski definition) is 3. The Kier molecular flexibility index (Phi) is 7.43. The van der Waals surface area contributed by atoms with Crippen LogP contribution in [0, 0.1) is 0 Å². The highest BCUT2D eigenvalue weighted by atomic mass is 16.5. The molecular weight excluding hydrogens is 390 g/mol. The summed E-state index contributed by atoms with van der Waals surface area (Å²) in [7, 11) is 0. The normalized spacial score (nSPS) is 10.1. The van der Waals surface area contributed by atoms with Crippen molar-refractivity contribution in [1.29, 1.82) is 0 Å². The van der Waals surface area contributed by atoms with Crippen LogP contribution in [-0.2, 0) is 4.79 Å². The van der Waals surface area contributed by atoms with Gasteiger partial charge in [-0.25, -0.2) is 0 Å². The summed E-state index contributed by atoms with van der Waals surface area (Å²) in [6.45, 7) is 6.20. The van der Waals surface area contributed by atoms with E-state index in [0.29, 0.717) is 29.3 Å². The lowest BCUT2D eigenvalue weighted by Gasteiger charge is -2.11. The SMILES string of the molecule is C=C(C)COc1cccc(NC(=O)CNc2cccc(NC(=O)c3ccccc3)c2)c1. The van der Waals surface area contributed by atoms with E-state index in [-0.39, 0.29) is 18.4 Å². The van der Waals surface area contributed by atoms with Gasteiger partial charge in [-0.1, -0.05) is 36.9 Å². The van der Waals surface area contributed by atoms with Crippen LogP contribution in [0.3, 0.4) is 0 Å². The molecule has 6 nitrogen and oxygen atoms in total. The maximum Gasteiger partial charge on any atom is 0.255 e. The van der Waals surface area contributed by atoms with Crippen molar-refractivity contribution in [3.05, 3.63) is 96.6 Å². The van der Waals surface area contributed by atoms with Crippen molar-refractivity contribution in [2.75, 3.05) is 29.1 Å². The first-order valence-corrected chi connectivity index (χ1v) is 9.87. The van der Waals surface area contributed by atoms with Crippen molar-refractivity contribution < 1.29 is 14.3 Å². The molecule has 0 atom stereocenters. The smallest absolute Gasteiger partial charge is 0.255 e. The maximum absolute atomic E-state index is 12.3. The van der Waals surface area contributed by atoms with Crippen molar-refractivity contribution in [2.45, 2.75) is 6.92 Å². The van der Waals surface area contributed by atoms with Crippen molar-refractivity contribution >= 4 is 28.9 Å². The topological polar surface area (TPSA) is 79.5 Å². The third-order valence-electron chi connectivity index (χ3n) is 4.21. The molecule has 0 radical (unpaired) electrons. The Bertz CT molecular complexity index is 1060. The molecule has 0 saturated heterocycles. The Balaban J connectivity index is 1.52. The van der Waals surface area contributed by atoms with E-state index in [4.69, 9.17) is 4.74 Å². The molecule has 0 aliphatic heterocycles. The second kappa shape index (κ2) is 10.6. The number of hydrogen-bond acceptors (Lipinski definition) is 4. The molecule has 0 aliphatic carbocycles. The van der Waals surface area contributed by atoms with Gasteiger partial charge in [-0.05, 0) is 55.0 Å². The average Bonchev–Trinajstić information content (AvgIpc) is 2.77. The van der Waals surface area contributed by atoms with Gasteiger partial charge in [0.05, 0.1) is 6.54 Å². The Morgan fingerprint density at radius 1 is 0.839 bits per heavy atom. The molecule has 158 valence electrons. The van der Waals surface area contributed by atoms with Crippen LogP contribution in [0.15, 0.2) is 91.0 Å². The number of benzene rings is 3. The summed E-state index contributed by atoms with van der Waals surface area (Å²) in [5.41, 5.74) is 3.51. The zero-order chi connectivity index (χ0) is 22.1. The molecule has 0 fully saturated rings. The molecule has 0 bridgehead atoms. The molecule has 2 amide bonds. The zero-order valence-corrected chi connectivity index (χ0v) is 17.4. The lowest BCUT2D eigenvalue weighted by molar-refractivity contribution is -0.114. The van der Waals surface area contributed by atoms with E-state index >= 15 is 0 Å². The number of amides is 2. The number of ether oxygens (including phenoxy) is 1. The fourth-order valence-electron chi connectivity index (χ4n) is 2.76. The van der Waals surface area contributed by atoms with Gasteiger partial charge in [0.2, 0.25) is 5.91 Å². The fourth-order valence-corrected chi connectivity index (χ4v) is 2.76. The third-order valence-corrected chi connectivity index (χ3v) is 4.21. The Labute approximate surface area is 181 Å². The summed E-state index contributed by atoms with van der Waals surface area (Å²) in [5, 5.41) is 8.75. The summed E-state index contributed by atoms with van der Waals surface area (Å²) in [5.74, 6) is 0.274. The second-order valence-electron chi connectivity index (χ2n) is 7.08. The van der Waals surface area contributed by atoms with Crippen LogP contribution in [0.5, 0.6) is 5.75 Å². The molecule has 3 aromatic carbocycles. The molecule has 3 aromatic rings. The molecule has 0 unspecified atom stereocenters. The lowest BCUT2D eigenvalue weighted by Crippen LogP contribution is -2.21. The molecule has 3 rings (SSSR count). The third kappa shape index (κ3) is 7.04. The first kappa shape index (κ1) is 21.6. The summed E-state index contributed by atoms with van der Waals surface area (Å²) in [6, 6.07) is 23.4. The number of carbonyl (C=O) groups is 2. The Morgan fingerprint density at radius 3 is 2.26 bits per heavy atom. The zero-order valence-electron chi connectivity index (χ0n) is 17.4. The number of carbonyl (C=O) groups excluding carboxylic acids is 2. The van der Waals surface area contributed by atoms with Gasteiger partial charge >= 0.3 is 0 Å². The highest BCUT2D eigenvalue weighted by Crippen LogP contribution is 2.19. The molecule has 0 spiro atoms. The number of rotatable bonds is 9. The van der Waals surface area contributed by atoms with E-state index in [9.17, 15) is 9.59 Å². The van der Waals surface area contributed by atoms with Crippen LogP contribution in [0.2, 0.25) is 0 Å². The second-order valence-corrected chi connectivity index (χ2v) is 7.08. The van der Waals surface area contributed by atoms with E-state index in [1.54, 1.807) is 36.4 Å². The number of nitrogens with one attached hydrogen (secondary N) is 3. The summed E-state index contributed by atoms with van der Waals surface area (Å²) in [6.07, 6.45) is 0. The molecule has 6 heteroatoms. The van der Waals surface area contributed by atoms with Crippen LogP contribution >= 0.6 is 0 Å². The molecule has 0 heterocycles. The van der Waals surface area contributed by atoms with Gasteiger partial charge in [-0.2, -0.15) is 0 Å². The van der Waals surface area contributed by atoms with E-state index in [2.05, 4.69) is 22.5 Å². The largest absolute Gasteiger partial charge is 0.489 e. The molecule has 0 aromatic heterocycles. The highest BCUT2D eigenvalue weighted by Gasteiger charge is 2.07. The van der Waals surface area contributed by atoms with Crippen LogP contribution in [0.4, 0.5) is 17.1 Å². The first-order chi connectivity index (χ1) is 15.0. The van der Waals surface area contributed by atoms with Crippen molar-refractivity contribution in [2.24, 2.45) is 0 Å². The number of anilines is 3. The molecule has 31 heavy (non-hydrogen) atoms. The predicted molar refractivity (Wildman–Crippen MR) is 125 cm³/mol. The van der Waals surface area contributed by atoms with Gasteiger partial charge in [0.1, 0.15) is 12.4 Å². The van der Waals surface area contributed by atoms with Crippen molar-refractivity contribution in [3.8, 4) is 5.75 Å². The summed E-state index contributed by atoms with van der Waals surface area (Å²) in [4.78, 5) is 24.6. The van der Waals surface area contributed by atoms with Gasteiger partial charge in [-0.3, -0.25) is 9.59 Å². The minimum absolute atomic E-state index is 0.0763. The molecule has 0 saturated carbocycles. The van der Waals surface area contributed by atoms with E-state index in [1.807, 2.05) is 49.4 Å². The van der Waals surface area contributed by atoms with Crippen LogP contribution < -0.4 is 20.7 Å². The summed E-state index contributed by atoms with van der Waals surface area (Å²) < 4.78 is 5.59. The standard InChI is InChI=1S/C25H25N3O3/c1-18(2)17-31-23-13-7-12-22(15-23)27-24(29)16-26-20-10-6-11-21(14-20)28-25(30)19-8-4-3-5-9-19/h3-15,26H,1,16-17H2,2H3,(H,27,29)(H,28,30). The van der Waals surface area contributed by atoms with E-state index < -0.39 is 0 Å². The van der Waals surface area contributed by atoms with Gasteiger partial charge in [0.25, 0.3) is 5.91 Å². The van der Waals surface area contributed by atoms with Gasteiger partial charge in [0, 0.05) is 28.7 Å². The van der Waals surface area contributed by atoms with Gasteiger partial charge in [-0.15, -0.1) is 0 Å².